The van der Waals surface area contributed by atoms with Crippen molar-refractivity contribution in [2.75, 3.05) is 0 Å². The molecule has 78 valence electrons. The Bertz CT molecular complexity index is 745. The largest absolute Gasteiger partial charge is 0.355 e. The molecule has 0 saturated carbocycles. The van der Waals surface area contributed by atoms with Crippen molar-refractivity contribution in [3.8, 4) is 0 Å². The molecule has 3 rings (SSSR count). The average Bonchev–Trinajstić information content (AvgIpc) is 2.73. The van der Waals surface area contributed by atoms with Crippen molar-refractivity contribution in [2.24, 2.45) is 0 Å². The lowest BCUT2D eigenvalue weighted by atomic mass is 9.65. The molecule has 1 nitrogen and oxygen atoms in total. The quantitative estimate of drug-likeness (QED) is 0.372. The molecule has 0 aliphatic carbocycles. The van der Waals surface area contributed by atoms with Crippen LogP contribution in [0.1, 0.15) is 0 Å². The van der Waals surface area contributed by atoms with Crippen molar-refractivity contribution >= 4 is 75.0 Å². The van der Waals surface area contributed by atoms with Gasteiger partial charge in [-0.3, -0.25) is 0 Å². The molecule has 0 bridgehead atoms. The van der Waals surface area contributed by atoms with E-state index in [1.165, 1.54) is 43.7 Å². The molecule has 0 unspecified atom stereocenters. The van der Waals surface area contributed by atoms with E-state index in [1.54, 1.807) is 0 Å². The van der Waals surface area contributed by atoms with Crippen molar-refractivity contribution < 1.29 is 0 Å². The summed E-state index contributed by atoms with van der Waals surface area (Å²) in [7, 11) is 8.87. The van der Waals surface area contributed by atoms with Gasteiger partial charge in [0.2, 0.25) is 0 Å². The second kappa shape index (κ2) is 3.49. The van der Waals surface area contributed by atoms with Crippen molar-refractivity contribution in [3.05, 3.63) is 24.3 Å². The van der Waals surface area contributed by atoms with E-state index in [0.29, 0.717) is 0 Å². The van der Waals surface area contributed by atoms with Crippen molar-refractivity contribution in [1.82, 2.24) is 4.98 Å². The molecule has 5 heteroatoms. The molecule has 3 aromatic rings. The van der Waals surface area contributed by atoms with E-state index in [2.05, 4.69) is 60.6 Å². The number of aromatic nitrogens is 1. The van der Waals surface area contributed by atoms with Gasteiger partial charge in [0.15, 0.2) is 0 Å². The monoisotopic (exact) mass is 215 g/mol. The van der Waals surface area contributed by atoms with E-state index in [9.17, 15) is 0 Å². The van der Waals surface area contributed by atoms with Crippen molar-refractivity contribution in [3.63, 3.8) is 0 Å². The van der Waals surface area contributed by atoms with Crippen molar-refractivity contribution in [1.29, 1.82) is 0 Å². The van der Waals surface area contributed by atoms with E-state index in [4.69, 9.17) is 0 Å². The first kappa shape index (κ1) is 10.6. The summed E-state index contributed by atoms with van der Waals surface area (Å²) in [5.74, 6) is 0. The van der Waals surface area contributed by atoms with Crippen LogP contribution in [0.4, 0.5) is 0 Å². The molecule has 0 atom stereocenters. The number of H-pyrrole nitrogens is 1. The minimum atomic E-state index is 1.23. The number of hydrogen-bond donors (Lipinski definition) is 1. The van der Waals surface area contributed by atoms with Crippen LogP contribution in [0, 0.1) is 0 Å². The van der Waals surface area contributed by atoms with Crippen LogP contribution in [-0.2, 0) is 0 Å². The summed E-state index contributed by atoms with van der Waals surface area (Å²) in [5.41, 5.74) is 8.13. The molecular formula is C12H13B4N. The summed E-state index contributed by atoms with van der Waals surface area (Å²) in [4.78, 5) is 3.56. The van der Waals surface area contributed by atoms with Gasteiger partial charge in [0, 0.05) is 16.4 Å². The number of fused-ring (bicyclic) bond motifs is 3. The zero-order valence-electron chi connectivity index (χ0n) is 10.8. The highest BCUT2D eigenvalue weighted by Crippen LogP contribution is 2.20. The summed E-state index contributed by atoms with van der Waals surface area (Å²) in [6.45, 7) is 0. The van der Waals surface area contributed by atoms with E-state index < -0.39 is 0 Å². The lowest BCUT2D eigenvalue weighted by Crippen LogP contribution is -2.47. The number of benzene rings is 2. The minimum Gasteiger partial charge on any atom is -0.355 e. The lowest BCUT2D eigenvalue weighted by molar-refractivity contribution is 1.57. The molecule has 1 N–H and O–H groups in total. The van der Waals surface area contributed by atoms with Gasteiger partial charge >= 0.3 is 0 Å². The fourth-order valence-corrected chi connectivity index (χ4v) is 2.75. The molecule has 0 aliphatic rings. The van der Waals surface area contributed by atoms with E-state index >= 15 is 0 Å². The maximum atomic E-state index is 3.56. The van der Waals surface area contributed by atoms with Crippen molar-refractivity contribution in [2.45, 2.75) is 0 Å². The Morgan fingerprint density at radius 2 is 1.41 bits per heavy atom. The highest BCUT2D eigenvalue weighted by molar-refractivity contribution is 6.67. The molecule has 17 heavy (non-hydrogen) atoms. The van der Waals surface area contributed by atoms with Gasteiger partial charge < -0.3 is 4.98 Å². The number of para-hydroxylation sites is 1. The predicted molar refractivity (Wildman–Crippen MR) is 88.5 cm³/mol. The molecule has 1 heterocycles. The van der Waals surface area contributed by atoms with E-state index in [0.717, 1.165) is 0 Å². The Balaban J connectivity index is 2.67. The normalized spacial score (nSPS) is 11.3. The Morgan fingerprint density at radius 1 is 0.765 bits per heavy atom. The van der Waals surface area contributed by atoms with E-state index in [1.807, 2.05) is 0 Å². The smallest absolute Gasteiger partial charge is 0.141 e. The van der Waals surface area contributed by atoms with Gasteiger partial charge in [-0.2, -0.15) is 0 Å². The molecule has 0 spiro atoms. The Labute approximate surface area is 105 Å². The van der Waals surface area contributed by atoms with Crippen LogP contribution in [-0.4, -0.2) is 36.4 Å². The third kappa shape index (κ3) is 1.32. The molecule has 0 fully saturated rings. The minimum absolute atomic E-state index is 1.23. The first-order chi connectivity index (χ1) is 8.11. The maximum absolute atomic E-state index is 3.56. The molecule has 1 aromatic heterocycles. The Morgan fingerprint density at radius 3 is 2.18 bits per heavy atom. The van der Waals surface area contributed by atoms with Gasteiger partial charge in [-0.05, 0) is 11.5 Å². The van der Waals surface area contributed by atoms with Crippen LogP contribution in [0.2, 0.25) is 0 Å². The summed E-state index contributed by atoms with van der Waals surface area (Å²) in [6, 6.07) is 8.55. The van der Waals surface area contributed by atoms with Gasteiger partial charge in [-0.15, -0.1) is 5.46 Å². The first-order valence-electron chi connectivity index (χ1n) is 6.08. The van der Waals surface area contributed by atoms with Gasteiger partial charge in [0.25, 0.3) is 0 Å². The predicted octanol–water partition coefficient (Wildman–Crippen LogP) is -3.65. The highest BCUT2D eigenvalue weighted by atomic mass is 14.7. The van der Waals surface area contributed by atoms with Crippen LogP contribution in [0.15, 0.2) is 24.3 Å². The third-order valence-electron chi connectivity index (χ3n) is 4.14. The number of rotatable bonds is 0. The first-order valence-corrected chi connectivity index (χ1v) is 6.08. The topological polar surface area (TPSA) is 15.8 Å². The maximum Gasteiger partial charge on any atom is 0.141 e. The van der Waals surface area contributed by atoms with Crippen LogP contribution < -0.4 is 21.9 Å². The summed E-state index contributed by atoms with van der Waals surface area (Å²) >= 11 is 0. The molecule has 0 radical (unpaired) electrons. The van der Waals surface area contributed by atoms with Crippen LogP contribution in [0.5, 0.6) is 0 Å². The molecular weight excluding hydrogens is 201 g/mol. The van der Waals surface area contributed by atoms with Crippen LogP contribution >= 0.6 is 0 Å². The molecule has 0 aliphatic heterocycles. The molecule has 2 aromatic carbocycles. The van der Waals surface area contributed by atoms with Crippen LogP contribution in [0.25, 0.3) is 21.8 Å². The molecule has 0 amide bonds. The zero-order chi connectivity index (χ0) is 12.2. The Kier molecular flexibility index (Phi) is 2.19. The Hall–Kier alpha value is -1.50. The number of aromatic amines is 1. The second-order valence-electron chi connectivity index (χ2n) is 4.92. The highest BCUT2D eigenvalue weighted by Gasteiger charge is 2.12. The molecule has 0 saturated heterocycles. The third-order valence-corrected chi connectivity index (χ3v) is 4.14. The second-order valence-corrected chi connectivity index (χ2v) is 4.92. The van der Waals surface area contributed by atoms with Gasteiger partial charge in [-0.25, -0.2) is 0 Å². The summed E-state index contributed by atoms with van der Waals surface area (Å²) < 4.78 is 0. The standard InChI is InChI=1S/C12H13B4N/c13-8-7-5-3-1-2-4-6(5)17-12(7)11(16)10(15)9(8)14/h1-4,17H,13-16H2. The fourth-order valence-electron chi connectivity index (χ4n) is 2.75. The summed E-state index contributed by atoms with van der Waals surface area (Å²) in [5, 5.41) is 2.73. The fraction of sp³-hybridized carbons (Fsp3) is 0. The van der Waals surface area contributed by atoms with E-state index in [-0.39, 0.29) is 0 Å². The number of hydrogen-bond acceptors (Lipinski definition) is 0. The van der Waals surface area contributed by atoms with Gasteiger partial charge in [0.05, 0.1) is 0 Å². The lowest BCUT2D eigenvalue weighted by Gasteiger charge is -2.12. The number of nitrogens with one attached hydrogen (secondary N) is 1. The SMILES string of the molecule is Bc1c(B)c(B)c2c([nH]c3ccccc32)c1B. The zero-order valence-corrected chi connectivity index (χ0v) is 10.8. The average molecular weight is 214 g/mol. The van der Waals surface area contributed by atoms with Gasteiger partial charge in [0.1, 0.15) is 31.4 Å². The van der Waals surface area contributed by atoms with Crippen LogP contribution in [0.3, 0.4) is 0 Å². The van der Waals surface area contributed by atoms with Gasteiger partial charge in [-0.1, -0.05) is 34.6 Å². The summed E-state index contributed by atoms with van der Waals surface area (Å²) in [6.07, 6.45) is 0.